The summed E-state index contributed by atoms with van der Waals surface area (Å²) in [5.41, 5.74) is 1.16. The van der Waals surface area contributed by atoms with Gasteiger partial charge in [-0.05, 0) is 49.2 Å². The van der Waals surface area contributed by atoms with Gasteiger partial charge in [0.25, 0.3) is 10.0 Å². The van der Waals surface area contributed by atoms with Crippen LogP contribution in [-0.2, 0) is 14.8 Å². The first kappa shape index (κ1) is 19.0. The quantitative estimate of drug-likeness (QED) is 0.786. The molecule has 1 fully saturated rings. The molecule has 2 aromatic carbocycles. The maximum atomic E-state index is 12.7. The molecular weight excluding hydrogens is 368 g/mol. The van der Waals surface area contributed by atoms with Crippen molar-refractivity contribution in [3.05, 3.63) is 42.5 Å². The molecule has 8 heteroatoms. The van der Waals surface area contributed by atoms with E-state index in [-0.39, 0.29) is 22.6 Å². The molecule has 0 spiro atoms. The van der Waals surface area contributed by atoms with Gasteiger partial charge in [0.2, 0.25) is 5.91 Å². The lowest BCUT2D eigenvalue weighted by molar-refractivity contribution is -0.116. The molecule has 1 amide bonds. The van der Waals surface area contributed by atoms with Gasteiger partial charge in [-0.1, -0.05) is 0 Å². The summed E-state index contributed by atoms with van der Waals surface area (Å²) in [6, 6.07) is 11.5. The Morgan fingerprint density at radius 2 is 1.74 bits per heavy atom. The van der Waals surface area contributed by atoms with Crippen molar-refractivity contribution in [1.29, 1.82) is 0 Å². The van der Waals surface area contributed by atoms with E-state index in [4.69, 9.17) is 9.47 Å². The van der Waals surface area contributed by atoms with E-state index in [1.165, 1.54) is 33.3 Å². The molecule has 1 aliphatic rings. The Balaban J connectivity index is 1.83. The smallest absolute Gasteiger partial charge is 0.265 e. The Bertz CT molecular complexity index is 937. The molecule has 0 radical (unpaired) electrons. The number of rotatable bonds is 7. The van der Waals surface area contributed by atoms with Gasteiger partial charge in [0.05, 0.1) is 14.2 Å². The lowest BCUT2D eigenvalue weighted by atomic mass is 10.2. The van der Waals surface area contributed by atoms with Gasteiger partial charge in [0.15, 0.2) is 0 Å². The van der Waals surface area contributed by atoms with Gasteiger partial charge in [-0.3, -0.25) is 9.52 Å². The van der Waals surface area contributed by atoms with Crippen LogP contribution in [0.15, 0.2) is 47.4 Å². The van der Waals surface area contributed by atoms with Gasteiger partial charge >= 0.3 is 0 Å². The van der Waals surface area contributed by atoms with E-state index in [1.807, 2.05) is 0 Å². The van der Waals surface area contributed by atoms with Gasteiger partial charge in [-0.15, -0.1) is 0 Å². The number of nitrogens with one attached hydrogen (secondary N) is 1. The third-order valence-electron chi connectivity index (χ3n) is 4.31. The van der Waals surface area contributed by atoms with Crippen LogP contribution < -0.4 is 19.1 Å². The SMILES string of the molecule is COc1ccc(S(=O)(=O)Nc2ccc(N(C(C)=O)C3CC3)cc2)c(OC)c1. The van der Waals surface area contributed by atoms with E-state index < -0.39 is 10.0 Å². The Kier molecular flexibility index (Phi) is 5.27. The first-order valence-corrected chi connectivity index (χ1v) is 9.98. The molecule has 2 aromatic rings. The number of carbonyl (C=O) groups is 1. The lowest BCUT2D eigenvalue weighted by Gasteiger charge is -2.21. The summed E-state index contributed by atoms with van der Waals surface area (Å²) >= 11 is 0. The van der Waals surface area contributed by atoms with Crippen molar-refractivity contribution in [3.8, 4) is 11.5 Å². The predicted octanol–water partition coefficient (Wildman–Crippen LogP) is 3.02. The monoisotopic (exact) mass is 390 g/mol. The molecule has 3 rings (SSSR count). The number of hydrogen-bond acceptors (Lipinski definition) is 5. The van der Waals surface area contributed by atoms with Crippen molar-refractivity contribution in [2.75, 3.05) is 23.8 Å². The fraction of sp³-hybridized carbons (Fsp3) is 0.316. The van der Waals surface area contributed by atoms with Crippen molar-refractivity contribution in [2.45, 2.75) is 30.7 Å². The average Bonchev–Trinajstić information content (AvgIpc) is 3.47. The van der Waals surface area contributed by atoms with Crippen LogP contribution >= 0.6 is 0 Å². The second-order valence-electron chi connectivity index (χ2n) is 6.29. The fourth-order valence-corrected chi connectivity index (χ4v) is 4.09. The Morgan fingerprint density at radius 3 is 2.26 bits per heavy atom. The van der Waals surface area contributed by atoms with Crippen LogP contribution in [0.2, 0.25) is 0 Å². The molecule has 0 heterocycles. The number of anilines is 2. The number of carbonyl (C=O) groups excluding carboxylic acids is 1. The van der Waals surface area contributed by atoms with Gasteiger partial charge in [-0.25, -0.2) is 8.42 Å². The summed E-state index contributed by atoms with van der Waals surface area (Å²) in [5, 5.41) is 0. The maximum absolute atomic E-state index is 12.7. The molecule has 0 bridgehead atoms. The molecule has 1 N–H and O–H groups in total. The number of nitrogens with zero attached hydrogens (tertiary/aromatic N) is 1. The van der Waals surface area contributed by atoms with Crippen LogP contribution in [0.4, 0.5) is 11.4 Å². The van der Waals surface area contributed by atoms with E-state index in [0.29, 0.717) is 11.4 Å². The third-order valence-corrected chi connectivity index (χ3v) is 5.73. The molecule has 0 atom stereocenters. The number of amides is 1. The predicted molar refractivity (Wildman–Crippen MR) is 103 cm³/mol. The summed E-state index contributed by atoms with van der Waals surface area (Å²) in [5.74, 6) is 0.670. The van der Waals surface area contributed by atoms with Crippen LogP contribution in [0.25, 0.3) is 0 Å². The van der Waals surface area contributed by atoms with E-state index in [1.54, 1.807) is 35.2 Å². The van der Waals surface area contributed by atoms with Gasteiger partial charge in [-0.2, -0.15) is 0 Å². The molecule has 144 valence electrons. The van der Waals surface area contributed by atoms with Gasteiger partial charge in [0.1, 0.15) is 16.4 Å². The Hall–Kier alpha value is -2.74. The highest BCUT2D eigenvalue weighted by Gasteiger charge is 2.32. The number of benzene rings is 2. The number of methoxy groups -OCH3 is 2. The standard InChI is InChI=1S/C19H22N2O5S/c1-13(22)21(16-8-9-16)15-6-4-14(5-7-15)20-27(23,24)19-11-10-17(25-2)12-18(19)26-3/h4-7,10-12,16,20H,8-9H2,1-3H3. The molecule has 1 saturated carbocycles. The summed E-state index contributed by atoms with van der Waals surface area (Å²) in [6.45, 7) is 1.53. The Morgan fingerprint density at radius 1 is 1.07 bits per heavy atom. The van der Waals surface area contributed by atoms with Crippen molar-refractivity contribution in [2.24, 2.45) is 0 Å². The largest absolute Gasteiger partial charge is 0.497 e. The number of hydrogen-bond donors (Lipinski definition) is 1. The summed E-state index contributed by atoms with van der Waals surface area (Å²) < 4.78 is 38.3. The van der Waals surface area contributed by atoms with Crippen LogP contribution in [0.3, 0.4) is 0 Å². The van der Waals surface area contributed by atoms with E-state index in [0.717, 1.165) is 18.5 Å². The fourth-order valence-electron chi connectivity index (χ4n) is 2.88. The molecular formula is C19H22N2O5S. The zero-order valence-corrected chi connectivity index (χ0v) is 16.2. The van der Waals surface area contributed by atoms with Crippen molar-refractivity contribution < 1.29 is 22.7 Å². The van der Waals surface area contributed by atoms with Crippen LogP contribution in [0.1, 0.15) is 19.8 Å². The third kappa shape index (κ3) is 4.16. The normalized spacial score (nSPS) is 13.7. The first-order valence-electron chi connectivity index (χ1n) is 8.50. The molecule has 0 saturated heterocycles. The highest BCUT2D eigenvalue weighted by atomic mass is 32.2. The number of ether oxygens (including phenoxy) is 2. The highest BCUT2D eigenvalue weighted by Crippen LogP contribution is 2.33. The van der Waals surface area contributed by atoms with Gasteiger partial charge < -0.3 is 14.4 Å². The molecule has 0 aromatic heterocycles. The lowest BCUT2D eigenvalue weighted by Crippen LogP contribution is -2.30. The molecule has 0 aliphatic heterocycles. The molecule has 27 heavy (non-hydrogen) atoms. The Labute approximate surface area is 158 Å². The topological polar surface area (TPSA) is 84.9 Å². The second-order valence-corrected chi connectivity index (χ2v) is 7.94. The van der Waals surface area contributed by atoms with E-state index in [9.17, 15) is 13.2 Å². The highest BCUT2D eigenvalue weighted by molar-refractivity contribution is 7.92. The number of sulfonamides is 1. The zero-order valence-electron chi connectivity index (χ0n) is 15.4. The minimum absolute atomic E-state index is 0.0122. The van der Waals surface area contributed by atoms with E-state index >= 15 is 0 Å². The summed E-state index contributed by atoms with van der Waals surface area (Å²) in [4.78, 5) is 13.6. The van der Waals surface area contributed by atoms with Crippen LogP contribution in [0.5, 0.6) is 11.5 Å². The van der Waals surface area contributed by atoms with Crippen LogP contribution in [0, 0.1) is 0 Å². The van der Waals surface area contributed by atoms with Crippen LogP contribution in [-0.4, -0.2) is 34.6 Å². The van der Waals surface area contributed by atoms with Gasteiger partial charge in [0, 0.05) is 30.4 Å². The van der Waals surface area contributed by atoms with Crippen molar-refractivity contribution in [3.63, 3.8) is 0 Å². The summed E-state index contributed by atoms with van der Waals surface area (Å²) in [7, 11) is -0.951. The second kappa shape index (κ2) is 7.48. The van der Waals surface area contributed by atoms with Crippen molar-refractivity contribution >= 4 is 27.3 Å². The minimum Gasteiger partial charge on any atom is -0.497 e. The maximum Gasteiger partial charge on any atom is 0.265 e. The average molecular weight is 390 g/mol. The molecule has 0 unspecified atom stereocenters. The van der Waals surface area contributed by atoms with E-state index in [2.05, 4.69) is 4.72 Å². The minimum atomic E-state index is -3.85. The van der Waals surface area contributed by atoms with Crippen molar-refractivity contribution in [1.82, 2.24) is 0 Å². The molecule has 7 nitrogen and oxygen atoms in total. The zero-order chi connectivity index (χ0) is 19.6. The molecule has 1 aliphatic carbocycles. The first-order chi connectivity index (χ1) is 12.9. The summed E-state index contributed by atoms with van der Waals surface area (Å²) in [6.07, 6.45) is 1.98.